The highest BCUT2D eigenvalue weighted by Gasteiger charge is 2.30. The van der Waals surface area contributed by atoms with Crippen molar-refractivity contribution >= 4 is 5.97 Å². The van der Waals surface area contributed by atoms with Crippen LogP contribution in [0, 0.1) is 5.92 Å². The standard InChI is InChI=1S/C8H15NO3/c1-9-4-6(7(10)5-9)3-8(11)12-2/h6-7,10H,3-5H2,1-2H3/t6-,7+/m0/s1. The van der Waals surface area contributed by atoms with Gasteiger partial charge in [-0.2, -0.15) is 0 Å². The maximum absolute atomic E-state index is 10.9. The van der Waals surface area contributed by atoms with Crippen LogP contribution in [0.2, 0.25) is 0 Å². The van der Waals surface area contributed by atoms with Crippen molar-refractivity contribution in [3.63, 3.8) is 0 Å². The molecule has 0 saturated carbocycles. The summed E-state index contributed by atoms with van der Waals surface area (Å²) in [6.45, 7) is 1.43. The number of nitrogens with zero attached hydrogens (tertiary/aromatic N) is 1. The molecular formula is C8H15NO3. The molecule has 4 heteroatoms. The molecule has 1 heterocycles. The van der Waals surface area contributed by atoms with Crippen LogP contribution in [0.3, 0.4) is 0 Å². The number of hydrogen-bond acceptors (Lipinski definition) is 4. The van der Waals surface area contributed by atoms with E-state index in [-0.39, 0.29) is 18.0 Å². The maximum atomic E-state index is 10.9. The molecule has 0 radical (unpaired) electrons. The number of rotatable bonds is 2. The van der Waals surface area contributed by atoms with Gasteiger partial charge in [0.25, 0.3) is 0 Å². The minimum atomic E-state index is -0.380. The zero-order valence-corrected chi connectivity index (χ0v) is 7.49. The fourth-order valence-corrected chi connectivity index (χ4v) is 1.56. The van der Waals surface area contributed by atoms with Crippen LogP contribution >= 0.6 is 0 Å². The molecule has 1 saturated heterocycles. The predicted molar refractivity (Wildman–Crippen MR) is 43.6 cm³/mol. The molecule has 0 aliphatic carbocycles. The molecule has 0 aromatic rings. The largest absolute Gasteiger partial charge is 0.469 e. The van der Waals surface area contributed by atoms with Crippen molar-refractivity contribution in [2.45, 2.75) is 12.5 Å². The van der Waals surface area contributed by atoms with Crippen molar-refractivity contribution < 1.29 is 14.6 Å². The molecule has 0 aromatic carbocycles. The van der Waals surface area contributed by atoms with Gasteiger partial charge in [0.05, 0.1) is 19.6 Å². The van der Waals surface area contributed by atoms with Crippen molar-refractivity contribution in [1.29, 1.82) is 0 Å². The van der Waals surface area contributed by atoms with Crippen LogP contribution in [0.4, 0.5) is 0 Å². The third kappa shape index (κ3) is 2.19. The van der Waals surface area contributed by atoms with Crippen LogP contribution in [0.1, 0.15) is 6.42 Å². The Bertz CT molecular complexity index is 172. The van der Waals surface area contributed by atoms with Gasteiger partial charge in [-0.1, -0.05) is 0 Å². The highest BCUT2D eigenvalue weighted by molar-refractivity contribution is 5.69. The van der Waals surface area contributed by atoms with Crippen molar-refractivity contribution in [2.24, 2.45) is 5.92 Å². The van der Waals surface area contributed by atoms with E-state index in [2.05, 4.69) is 4.74 Å². The lowest BCUT2D eigenvalue weighted by atomic mass is 10.0. The Morgan fingerprint density at radius 2 is 2.33 bits per heavy atom. The lowest BCUT2D eigenvalue weighted by Gasteiger charge is -2.10. The van der Waals surface area contributed by atoms with Crippen LogP contribution in [0.15, 0.2) is 0 Å². The molecule has 1 aliphatic rings. The molecule has 1 rings (SSSR count). The molecule has 12 heavy (non-hydrogen) atoms. The van der Waals surface area contributed by atoms with E-state index in [1.807, 2.05) is 11.9 Å². The van der Waals surface area contributed by atoms with Crippen molar-refractivity contribution in [2.75, 3.05) is 27.2 Å². The first-order valence-electron chi connectivity index (χ1n) is 4.07. The molecular weight excluding hydrogens is 158 g/mol. The Kier molecular flexibility index (Phi) is 3.05. The summed E-state index contributed by atoms with van der Waals surface area (Å²) in [6.07, 6.45) is -0.0590. The van der Waals surface area contributed by atoms with Gasteiger partial charge in [-0.3, -0.25) is 4.79 Å². The summed E-state index contributed by atoms with van der Waals surface area (Å²) in [5, 5.41) is 9.45. The maximum Gasteiger partial charge on any atom is 0.305 e. The summed E-state index contributed by atoms with van der Waals surface area (Å²) in [6, 6.07) is 0. The van der Waals surface area contributed by atoms with E-state index in [9.17, 15) is 9.90 Å². The van der Waals surface area contributed by atoms with E-state index in [4.69, 9.17) is 0 Å². The number of carbonyl (C=O) groups excluding carboxylic acids is 1. The van der Waals surface area contributed by atoms with E-state index >= 15 is 0 Å². The van der Waals surface area contributed by atoms with Gasteiger partial charge in [-0.05, 0) is 7.05 Å². The van der Waals surface area contributed by atoms with E-state index in [1.54, 1.807) is 0 Å². The van der Waals surface area contributed by atoms with Crippen molar-refractivity contribution in [3.05, 3.63) is 0 Å². The summed E-state index contributed by atoms with van der Waals surface area (Å²) in [5.41, 5.74) is 0. The number of β-amino-alcohol motifs (C(OH)–C–C–N with tert-alkyl or cyclic N) is 1. The molecule has 1 aliphatic heterocycles. The topological polar surface area (TPSA) is 49.8 Å². The second-order valence-electron chi connectivity index (χ2n) is 3.33. The zero-order chi connectivity index (χ0) is 9.14. The van der Waals surface area contributed by atoms with Crippen LogP contribution in [0.25, 0.3) is 0 Å². The lowest BCUT2D eigenvalue weighted by Crippen LogP contribution is -2.21. The number of methoxy groups -OCH3 is 1. The van der Waals surface area contributed by atoms with Gasteiger partial charge in [-0.15, -0.1) is 0 Å². The van der Waals surface area contributed by atoms with Gasteiger partial charge in [0.15, 0.2) is 0 Å². The molecule has 1 fully saturated rings. The van der Waals surface area contributed by atoms with Gasteiger partial charge < -0.3 is 14.7 Å². The molecule has 4 nitrogen and oxygen atoms in total. The minimum Gasteiger partial charge on any atom is -0.469 e. The van der Waals surface area contributed by atoms with Gasteiger partial charge >= 0.3 is 5.97 Å². The predicted octanol–water partition coefficient (Wildman–Crippen LogP) is -0.528. The minimum absolute atomic E-state index is 0.0439. The molecule has 0 bridgehead atoms. The molecule has 1 N–H and O–H groups in total. The Labute approximate surface area is 72.1 Å². The SMILES string of the molecule is COC(=O)C[C@H]1CN(C)C[C@H]1O. The number of ether oxygens (including phenoxy) is 1. The van der Waals surface area contributed by atoms with Gasteiger partial charge in [-0.25, -0.2) is 0 Å². The highest BCUT2D eigenvalue weighted by Crippen LogP contribution is 2.18. The average molecular weight is 173 g/mol. The van der Waals surface area contributed by atoms with E-state index in [1.165, 1.54) is 7.11 Å². The first-order valence-corrected chi connectivity index (χ1v) is 4.07. The molecule has 2 atom stereocenters. The Morgan fingerprint density at radius 1 is 1.67 bits per heavy atom. The van der Waals surface area contributed by atoms with Gasteiger partial charge in [0.2, 0.25) is 0 Å². The molecule has 0 aromatic heterocycles. The lowest BCUT2D eigenvalue weighted by molar-refractivity contribution is -0.142. The van der Waals surface area contributed by atoms with E-state index < -0.39 is 0 Å². The van der Waals surface area contributed by atoms with E-state index in [0.717, 1.165) is 6.54 Å². The second-order valence-corrected chi connectivity index (χ2v) is 3.33. The number of aliphatic hydroxyl groups is 1. The van der Waals surface area contributed by atoms with Gasteiger partial charge in [0.1, 0.15) is 0 Å². The van der Waals surface area contributed by atoms with Gasteiger partial charge in [0, 0.05) is 19.0 Å². The fraction of sp³-hybridized carbons (Fsp3) is 0.875. The molecule has 70 valence electrons. The van der Waals surface area contributed by atoms with Crippen LogP contribution in [0.5, 0.6) is 0 Å². The van der Waals surface area contributed by atoms with Crippen LogP contribution in [-0.2, 0) is 9.53 Å². The average Bonchev–Trinajstić information content (AvgIpc) is 2.30. The van der Waals surface area contributed by atoms with Crippen LogP contribution < -0.4 is 0 Å². The Hall–Kier alpha value is -0.610. The molecule has 0 unspecified atom stereocenters. The summed E-state index contributed by atoms with van der Waals surface area (Å²) in [5.74, 6) is -0.197. The zero-order valence-electron chi connectivity index (χ0n) is 7.49. The first-order chi connectivity index (χ1) is 5.63. The van der Waals surface area contributed by atoms with Crippen LogP contribution in [-0.4, -0.2) is 49.3 Å². The number of aliphatic hydroxyl groups excluding tert-OH is 1. The molecule has 0 amide bonds. The fourth-order valence-electron chi connectivity index (χ4n) is 1.56. The number of likely N-dealkylation sites (N-methyl/N-ethyl adjacent to an activating group) is 1. The Morgan fingerprint density at radius 3 is 2.75 bits per heavy atom. The monoisotopic (exact) mass is 173 g/mol. The number of esters is 1. The number of likely N-dealkylation sites (tertiary alicyclic amines) is 1. The molecule has 0 spiro atoms. The quantitative estimate of drug-likeness (QED) is 0.570. The van der Waals surface area contributed by atoms with Crippen molar-refractivity contribution in [1.82, 2.24) is 4.90 Å². The van der Waals surface area contributed by atoms with E-state index in [0.29, 0.717) is 13.0 Å². The highest BCUT2D eigenvalue weighted by atomic mass is 16.5. The summed E-state index contributed by atoms with van der Waals surface area (Å²) < 4.78 is 4.53. The number of hydrogen-bond donors (Lipinski definition) is 1. The summed E-state index contributed by atoms with van der Waals surface area (Å²) in [7, 11) is 3.30. The third-order valence-electron chi connectivity index (χ3n) is 2.25. The first kappa shape index (κ1) is 9.48. The third-order valence-corrected chi connectivity index (χ3v) is 2.25. The number of carbonyl (C=O) groups is 1. The normalized spacial score (nSPS) is 30.6. The Balaban J connectivity index is 2.37. The van der Waals surface area contributed by atoms with Crippen molar-refractivity contribution in [3.8, 4) is 0 Å². The second kappa shape index (κ2) is 3.87. The summed E-state index contributed by atoms with van der Waals surface area (Å²) in [4.78, 5) is 12.9. The summed E-state index contributed by atoms with van der Waals surface area (Å²) >= 11 is 0. The smallest absolute Gasteiger partial charge is 0.305 e.